The Kier molecular flexibility index (Phi) is 4.66. The molecule has 0 bridgehead atoms. The number of nitrogens with one attached hydrogen (secondary N) is 1. The molecule has 0 fully saturated rings. The molecule has 2 aromatic heterocycles. The summed E-state index contributed by atoms with van der Waals surface area (Å²) in [5, 5.41) is 8.39. The molecule has 0 aliphatic heterocycles. The van der Waals surface area contributed by atoms with Gasteiger partial charge in [-0.3, -0.25) is 4.68 Å². The van der Waals surface area contributed by atoms with Crippen molar-refractivity contribution in [1.29, 1.82) is 0 Å². The number of nitrogens with zero attached hydrogens (tertiary/aromatic N) is 2. The molecule has 0 aromatic carbocycles. The Labute approximate surface area is 118 Å². The fraction of sp³-hybridized carbons (Fsp3) is 0.500. The summed E-state index contributed by atoms with van der Waals surface area (Å²) in [6.07, 6.45) is 2.80. The van der Waals surface area contributed by atoms with Crippen LogP contribution >= 0.6 is 11.6 Å². The standard InChI is InChI=1S/C14H20ClN3O/c1-4-16-12(13-5-6-14(15)19-13)9-11-7-8-18(17-11)10(2)3/h5-8,10,12,16H,4,9H2,1-3H3. The maximum Gasteiger partial charge on any atom is 0.193 e. The third-order valence-corrected chi connectivity index (χ3v) is 3.20. The highest BCUT2D eigenvalue weighted by atomic mass is 35.5. The van der Waals surface area contributed by atoms with Gasteiger partial charge in [0.05, 0.1) is 11.7 Å². The number of hydrogen-bond acceptors (Lipinski definition) is 3. The highest BCUT2D eigenvalue weighted by Crippen LogP contribution is 2.23. The Morgan fingerprint density at radius 3 is 2.68 bits per heavy atom. The molecule has 0 aliphatic carbocycles. The first kappa shape index (κ1) is 14.2. The van der Waals surface area contributed by atoms with Crippen LogP contribution in [0.2, 0.25) is 5.22 Å². The Hall–Kier alpha value is -1.26. The van der Waals surface area contributed by atoms with Crippen molar-refractivity contribution >= 4 is 11.6 Å². The Bertz CT molecular complexity index is 518. The van der Waals surface area contributed by atoms with Crippen LogP contribution in [0.25, 0.3) is 0 Å². The summed E-state index contributed by atoms with van der Waals surface area (Å²) < 4.78 is 7.46. The van der Waals surface area contributed by atoms with Crippen molar-refractivity contribution in [3.05, 3.63) is 41.1 Å². The third kappa shape index (κ3) is 3.61. The Morgan fingerprint density at radius 1 is 1.37 bits per heavy atom. The Morgan fingerprint density at radius 2 is 2.16 bits per heavy atom. The van der Waals surface area contributed by atoms with E-state index >= 15 is 0 Å². The monoisotopic (exact) mass is 281 g/mol. The first-order chi connectivity index (χ1) is 9.10. The van der Waals surface area contributed by atoms with Crippen LogP contribution in [-0.2, 0) is 6.42 Å². The van der Waals surface area contributed by atoms with Crippen molar-refractivity contribution in [3.8, 4) is 0 Å². The lowest BCUT2D eigenvalue weighted by Gasteiger charge is -2.14. The van der Waals surface area contributed by atoms with Gasteiger partial charge in [0.25, 0.3) is 0 Å². The van der Waals surface area contributed by atoms with Gasteiger partial charge in [0.15, 0.2) is 5.22 Å². The van der Waals surface area contributed by atoms with Crippen LogP contribution in [0.1, 0.15) is 44.3 Å². The lowest BCUT2D eigenvalue weighted by Crippen LogP contribution is -2.22. The molecule has 4 nitrogen and oxygen atoms in total. The molecule has 2 heterocycles. The maximum absolute atomic E-state index is 5.84. The van der Waals surface area contributed by atoms with Gasteiger partial charge in [-0.15, -0.1) is 0 Å². The van der Waals surface area contributed by atoms with E-state index in [4.69, 9.17) is 16.0 Å². The third-order valence-electron chi connectivity index (χ3n) is 2.99. The summed E-state index contributed by atoms with van der Waals surface area (Å²) in [4.78, 5) is 0. The van der Waals surface area contributed by atoms with Gasteiger partial charge < -0.3 is 9.73 Å². The van der Waals surface area contributed by atoms with Crippen molar-refractivity contribution < 1.29 is 4.42 Å². The van der Waals surface area contributed by atoms with Gasteiger partial charge >= 0.3 is 0 Å². The normalized spacial score (nSPS) is 13.1. The molecule has 2 rings (SSSR count). The van der Waals surface area contributed by atoms with Gasteiger partial charge in [-0.1, -0.05) is 6.92 Å². The molecule has 0 spiro atoms. The molecule has 1 unspecified atom stereocenters. The zero-order valence-corrected chi connectivity index (χ0v) is 12.3. The Balaban J connectivity index is 2.11. The molecule has 5 heteroatoms. The topological polar surface area (TPSA) is 43.0 Å². The predicted molar refractivity (Wildman–Crippen MR) is 76.5 cm³/mol. The number of hydrogen-bond donors (Lipinski definition) is 1. The van der Waals surface area contributed by atoms with Crippen LogP contribution in [-0.4, -0.2) is 16.3 Å². The van der Waals surface area contributed by atoms with Gasteiger partial charge in [0, 0.05) is 18.7 Å². The average molecular weight is 282 g/mol. The number of furan rings is 1. The average Bonchev–Trinajstić information content (AvgIpc) is 2.97. The van der Waals surface area contributed by atoms with E-state index in [1.54, 1.807) is 6.07 Å². The second-order valence-electron chi connectivity index (χ2n) is 4.84. The van der Waals surface area contributed by atoms with Crippen LogP contribution in [0.4, 0.5) is 0 Å². The number of likely N-dealkylation sites (N-methyl/N-ethyl adjacent to an activating group) is 1. The summed E-state index contributed by atoms with van der Waals surface area (Å²) in [6.45, 7) is 7.17. The van der Waals surface area contributed by atoms with Crippen molar-refractivity contribution in [1.82, 2.24) is 15.1 Å². The van der Waals surface area contributed by atoms with Crippen LogP contribution < -0.4 is 5.32 Å². The fourth-order valence-corrected chi connectivity index (χ4v) is 2.17. The van der Waals surface area contributed by atoms with Crippen molar-refractivity contribution in [2.24, 2.45) is 0 Å². The summed E-state index contributed by atoms with van der Waals surface area (Å²) >= 11 is 5.84. The lowest BCUT2D eigenvalue weighted by atomic mass is 10.1. The summed E-state index contributed by atoms with van der Waals surface area (Å²) in [5.41, 5.74) is 1.05. The van der Waals surface area contributed by atoms with Crippen molar-refractivity contribution in [3.63, 3.8) is 0 Å². The van der Waals surface area contributed by atoms with E-state index in [-0.39, 0.29) is 6.04 Å². The van der Waals surface area contributed by atoms with Gasteiger partial charge in [0.1, 0.15) is 5.76 Å². The number of aromatic nitrogens is 2. The second kappa shape index (κ2) is 6.26. The van der Waals surface area contributed by atoms with Crippen LogP contribution in [0.5, 0.6) is 0 Å². The lowest BCUT2D eigenvalue weighted by molar-refractivity contribution is 0.412. The molecule has 0 saturated carbocycles. The van der Waals surface area contributed by atoms with Crippen LogP contribution in [0, 0.1) is 0 Å². The zero-order valence-electron chi connectivity index (χ0n) is 11.6. The minimum Gasteiger partial charge on any atom is -0.448 e. The molecule has 19 heavy (non-hydrogen) atoms. The van der Waals surface area contributed by atoms with E-state index in [1.807, 2.05) is 16.9 Å². The molecule has 2 aromatic rings. The van der Waals surface area contributed by atoms with E-state index in [1.165, 1.54) is 0 Å². The second-order valence-corrected chi connectivity index (χ2v) is 5.21. The summed E-state index contributed by atoms with van der Waals surface area (Å²) in [6, 6.07) is 6.22. The molecule has 1 N–H and O–H groups in total. The van der Waals surface area contributed by atoms with E-state index in [2.05, 4.69) is 37.3 Å². The van der Waals surface area contributed by atoms with Gasteiger partial charge in [-0.25, -0.2) is 0 Å². The highest BCUT2D eigenvalue weighted by molar-refractivity contribution is 6.28. The fourth-order valence-electron chi connectivity index (χ4n) is 2.02. The summed E-state index contributed by atoms with van der Waals surface area (Å²) in [7, 11) is 0. The summed E-state index contributed by atoms with van der Waals surface area (Å²) in [5.74, 6) is 0.853. The smallest absolute Gasteiger partial charge is 0.193 e. The minimum atomic E-state index is 0.105. The molecule has 0 aliphatic rings. The molecular weight excluding hydrogens is 262 g/mol. The first-order valence-electron chi connectivity index (χ1n) is 6.62. The molecule has 0 saturated heterocycles. The van der Waals surface area contributed by atoms with Gasteiger partial charge in [-0.2, -0.15) is 5.10 Å². The van der Waals surface area contributed by atoms with Crippen molar-refractivity contribution in [2.75, 3.05) is 6.54 Å². The first-order valence-corrected chi connectivity index (χ1v) is 7.00. The SMILES string of the molecule is CCNC(Cc1ccn(C(C)C)n1)c1ccc(Cl)o1. The van der Waals surface area contributed by atoms with E-state index < -0.39 is 0 Å². The molecule has 0 amide bonds. The van der Waals surface area contributed by atoms with Crippen molar-refractivity contribution in [2.45, 2.75) is 39.3 Å². The zero-order chi connectivity index (χ0) is 13.8. The van der Waals surface area contributed by atoms with E-state index in [0.29, 0.717) is 11.3 Å². The van der Waals surface area contributed by atoms with Gasteiger partial charge in [-0.05, 0) is 50.2 Å². The predicted octanol–water partition coefficient (Wildman–Crippen LogP) is 3.60. The quantitative estimate of drug-likeness (QED) is 0.880. The maximum atomic E-state index is 5.84. The van der Waals surface area contributed by atoms with Crippen LogP contribution in [0.15, 0.2) is 28.8 Å². The van der Waals surface area contributed by atoms with Crippen LogP contribution in [0.3, 0.4) is 0 Å². The number of rotatable bonds is 6. The van der Waals surface area contributed by atoms with Gasteiger partial charge in [0.2, 0.25) is 0 Å². The number of halogens is 1. The molecule has 104 valence electrons. The van der Waals surface area contributed by atoms with E-state index in [0.717, 1.165) is 24.4 Å². The largest absolute Gasteiger partial charge is 0.448 e. The van der Waals surface area contributed by atoms with E-state index in [9.17, 15) is 0 Å². The minimum absolute atomic E-state index is 0.105. The highest BCUT2D eigenvalue weighted by Gasteiger charge is 2.16. The molecular formula is C14H20ClN3O. The molecule has 0 radical (unpaired) electrons. The molecule has 1 atom stereocenters.